The van der Waals surface area contributed by atoms with Gasteiger partial charge in [-0.15, -0.1) is 11.3 Å². The van der Waals surface area contributed by atoms with Gasteiger partial charge >= 0.3 is 0 Å². The second-order valence-corrected chi connectivity index (χ2v) is 10.2. The SMILES string of the molecule is CC(=O)c1cccc(NC(=O)CSc2nc3sc(C)c(C)c3c(=O)n2[C@H](C)c2ccccc2)c1. The molecule has 34 heavy (non-hydrogen) atoms. The highest BCUT2D eigenvalue weighted by Crippen LogP contribution is 2.31. The van der Waals surface area contributed by atoms with E-state index in [0.717, 1.165) is 16.0 Å². The number of nitrogens with zero attached hydrogens (tertiary/aromatic N) is 2. The summed E-state index contributed by atoms with van der Waals surface area (Å²) < 4.78 is 1.69. The standard InChI is InChI=1S/C26H25N3O3S2/c1-15-18(4)34-24-23(15)25(32)29(16(2)19-9-6-5-7-10-19)26(28-24)33-14-22(31)27-21-12-8-11-20(13-21)17(3)30/h5-13,16H,14H2,1-4H3,(H,27,31)/t16-/m1/s1. The van der Waals surface area contributed by atoms with E-state index < -0.39 is 0 Å². The lowest BCUT2D eigenvalue weighted by molar-refractivity contribution is -0.113. The van der Waals surface area contributed by atoms with Crippen LogP contribution < -0.4 is 10.9 Å². The summed E-state index contributed by atoms with van der Waals surface area (Å²) in [6.45, 7) is 7.39. The maximum absolute atomic E-state index is 13.6. The third-order valence-corrected chi connectivity index (χ3v) is 7.81. The number of thiophene rings is 1. The van der Waals surface area contributed by atoms with E-state index in [1.807, 2.05) is 51.1 Å². The van der Waals surface area contributed by atoms with Crippen LogP contribution in [0.15, 0.2) is 64.5 Å². The number of benzene rings is 2. The van der Waals surface area contributed by atoms with Gasteiger partial charge in [-0.3, -0.25) is 19.0 Å². The van der Waals surface area contributed by atoms with Crippen LogP contribution in [0.2, 0.25) is 0 Å². The largest absolute Gasteiger partial charge is 0.325 e. The van der Waals surface area contributed by atoms with Crippen LogP contribution >= 0.6 is 23.1 Å². The third-order valence-electron chi connectivity index (χ3n) is 5.76. The van der Waals surface area contributed by atoms with Gasteiger partial charge in [0.25, 0.3) is 5.56 Å². The molecule has 2 heterocycles. The predicted molar refractivity (Wildman–Crippen MR) is 139 cm³/mol. The fraction of sp³-hybridized carbons (Fsp3) is 0.231. The maximum Gasteiger partial charge on any atom is 0.263 e. The van der Waals surface area contributed by atoms with Crippen LogP contribution in [0.3, 0.4) is 0 Å². The fourth-order valence-corrected chi connectivity index (χ4v) is 5.70. The highest BCUT2D eigenvalue weighted by atomic mass is 32.2. The second kappa shape index (κ2) is 9.95. The summed E-state index contributed by atoms with van der Waals surface area (Å²) in [5.41, 5.74) is 2.93. The lowest BCUT2D eigenvalue weighted by Crippen LogP contribution is -2.27. The fourth-order valence-electron chi connectivity index (χ4n) is 3.75. The Morgan fingerprint density at radius 3 is 2.56 bits per heavy atom. The Labute approximate surface area is 206 Å². The summed E-state index contributed by atoms with van der Waals surface area (Å²) in [7, 11) is 0. The van der Waals surface area contributed by atoms with Gasteiger partial charge in [0.15, 0.2) is 10.9 Å². The minimum Gasteiger partial charge on any atom is -0.325 e. The van der Waals surface area contributed by atoms with E-state index in [-0.39, 0.29) is 29.0 Å². The van der Waals surface area contributed by atoms with Gasteiger partial charge in [0.1, 0.15) is 4.83 Å². The van der Waals surface area contributed by atoms with E-state index in [4.69, 9.17) is 4.98 Å². The number of aryl methyl sites for hydroxylation is 2. The van der Waals surface area contributed by atoms with Gasteiger partial charge in [-0.05, 0) is 51.0 Å². The van der Waals surface area contributed by atoms with E-state index in [0.29, 0.717) is 26.6 Å². The van der Waals surface area contributed by atoms with Gasteiger partial charge in [-0.2, -0.15) is 0 Å². The van der Waals surface area contributed by atoms with Crippen molar-refractivity contribution in [3.8, 4) is 0 Å². The first-order valence-corrected chi connectivity index (χ1v) is 12.7. The summed E-state index contributed by atoms with van der Waals surface area (Å²) >= 11 is 2.73. The van der Waals surface area contributed by atoms with Crippen LogP contribution in [-0.4, -0.2) is 27.0 Å². The van der Waals surface area contributed by atoms with Crippen molar-refractivity contribution in [2.75, 3.05) is 11.1 Å². The van der Waals surface area contributed by atoms with Gasteiger partial charge in [0, 0.05) is 16.1 Å². The van der Waals surface area contributed by atoms with Gasteiger partial charge in [-0.1, -0.05) is 54.2 Å². The molecule has 4 rings (SSSR count). The molecule has 0 radical (unpaired) electrons. The number of amides is 1. The summed E-state index contributed by atoms with van der Waals surface area (Å²) in [6, 6.07) is 16.4. The first-order chi connectivity index (χ1) is 16.3. The zero-order chi connectivity index (χ0) is 24.4. The third kappa shape index (κ3) is 4.83. The minimum atomic E-state index is -0.247. The number of nitrogens with one attached hydrogen (secondary N) is 1. The number of carbonyl (C=O) groups excluding carboxylic acids is 2. The summed E-state index contributed by atoms with van der Waals surface area (Å²) in [6.07, 6.45) is 0. The first kappa shape index (κ1) is 23.9. The molecule has 0 fully saturated rings. The Morgan fingerprint density at radius 2 is 1.85 bits per heavy atom. The molecule has 8 heteroatoms. The molecule has 4 aromatic rings. The number of Topliss-reactive ketones (excluding diaryl/α,β-unsaturated/α-hetero) is 1. The van der Waals surface area contributed by atoms with Gasteiger partial charge in [-0.25, -0.2) is 4.98 Å². The van der Waals surface area contributed by atoms with Crippen molar-refractivity contribution in [2.24, 2.45) is 0 Å². The van der Waals surface area contributed by atoms with Crippen molar-refractivity contribution in [3.05, 3.63) is 86.5 Å². The Balaban J connectivity index is 1.66. The molecule has 2 aromatic heterocycles. The van der Waals surface area contributed by atoms with Crippen molar-refractivity contribution in [3.63, 3.8) is 0 Å². The quantitative estimate of drug-likeness (QED) is 0.206. The number of hydrogen-bond donors (Lipinski definition) is 1. The monoisotopic (exact) mass is 491 g/mol. The van der Waals surface area contributed by atoms with Gasteiger partial charge in [0.2, 0.25) is 5.91 Å². The lowest BCUT2D eigenvalue weighted by atomic mass is 10.1. The summed E-state index contributed by atoms with van der Waals surface area (Å²) in [5, 5.41) is 3.97. The Kier molecular flexibility index (Phi) is 7.00. The molecule has 0 spiro atoms. The zero-order valence-corrected chi connectivity index (χ0v) is 21.0. The molecule has 1 N–H and O–H groups in total. The van der Waals surface area contributed by atoms with Crippen LogP contribution in [0.1, 0.15) is 46.3 Å². The number of anilines is 1. The Hall–Kier alpha value is -3.23. The molecule has 0 bridgehead atoms. The smallest absolute Gasteiger partial charge is 0.263 e. The van der Waals surface area contributed by atoms with Crippen LogP contribution in [0.4, 0.5) is 5.69 Å². The van der Waals surface area contributed by atoms with Crippen LogP contribution in [0.25, 0.3) is 10.2 Å². The van der Waals surface area contributed by atoms with Crippen molar-refractivity contribution >= 4 is 50.7 Å². The number of aromatic nitrogens is 2. The van der Waals surface area contributed by atoms with E-state index in [9.17, 15) is 14.4 Å². The van der Waals surface area contributed by atoms with Crippen LogP contribution in [0.5, 0.6) is 0 Å². The summed E-state index contributed by atoms with van der Waals surface area (Å²) in [4.78, 5) is 44.5. The molecule has 6 nitrogen and oxygen atoms in total. The molecule has 1 amide bonds. The number of ketones is 1. The van der Waals surface area contributed by atoms with Gasteiger partial charge < -0.3 is 5.32 Å². The number of rotatable bonds is 7. The highest BCUT2D eigenvalue weighted by Gasteiger charge is 2.21. The molecule has 0 aliphatic rings. The molecule has 0 unspecified atom stereocenters. The predicted octanol–water partition coefficient (Wildman–Crippen LogP) is 5.62. The molecule has 0 aliphatic heterocycles. The highest BCUT2D eigenvalue weighted by molar-refractivity contribution is 7.99. The van der Waals surface area contributed by atoms with Crippen molar-refractivity contribution in [1.29, 1.82) is 0 Å². The maximum atomic E-state index is 13.6. The molecular formula is C26H25N3O3S2. The minimum absolute atomic E-state index is 0.0663. The number of carbonyl (C=O) groups is 2. The van der Waals surface area contributed by atoms with Crippen LogP contribution in [0, 0.1) is 13.8 Å². The van der Waals surface area contributed by atoms with Crippen LogP contribution in [-0.2, 0) is 4.79 Å². The van der Waals surface area contributed by atoms with E-state index >= 15 is 0 Å². The average molecular weight is 492 g/mol. The van der Waals surface area contributed by atoms with Crippen molar-refractivity contribution < 1.29 is 9.59 Å². The topological polar surface area (TPSA) is 81.1 Å². The second-order valence-electron chi connectivity index (χ2n) is 8.09. The normalized spacial score (nSPS) is 12.0. The molecular weight excluding hydrogens is 466 g/mol. The Morgan fingerprint density at radius 1 is 1.12 bits per heavy atom. The van der Waals surface area contributed by atoms with E-state index in [1.54, 1.807) is 28.8 Å². The molecule has 1 atom stereocenters. The first-order valence-electron chi connectivity index (χ1n) is 10.9. The number of thioether (sulfide) groups is 1. The zero-order valence-electron chi connectivity index (χ0n) is 19.4. The number of fused-ring (bicyclic) bond motifs is 1. The Bertz CT molecular complexity index is 1440. The molecule has 0 saturated carbocycles. The molecule has 0 aliphatic carbocycles. The molecule has 174 valence electrons. The van der Waals surface area contributed by atoms with Crippen molar-refractivity contribution in [2.45, 2.75) is 38.9 Å². The summed E-state index contributed by atoms with van der Waals surface area (Å²) in [5.74, 6) is -0.228. The number of hydrogen-bond acceptors (Lipinski definition) is 6. The van der Waals surface area contributed by atoms with Gasteiger partial charge in [0.05, 0.1) is 17.2 Å². The van der Waals surface area contributed by atoms with Crippen molar-refractivity contribution in [1.82, 2.24) is 9.55 Å². The molecule has 2 aromatic carbocycles. The van der Waals surface area contributed by atoms with E-state index in [2.05, 4.69) is 5.32 Å². The average Bonchev–Trinajstić information content (AvgIpc) is 3.11. The lowest BCUT2D eigenvalue weighted by Gasteiger charge is -2.19. The molecule has 0 saturated heterocycles. The van der Waals surface area contributed by atoms with E-state index in [1.165, 1.54) is 30.0 Å².